The van der Waals surface area contributed by atoms with Crippen LogP contribution < -0.4 is 5.32 Å². The number of rotatable bonds is 1. The Hall–Kier alpha value is -0.670. The fourth-order valence-electron chi connectivity index (χ4n) is 1.44. The molecule has 3 nitrogen and oxygen atoms in total. The third-order valence-corrected chi connectivity index (χ3v) is 2.31. The number of hydrogen-bond donors (Lipinski definition) is 1. The molecule has 1 saturated heterocycles. The van der Waals surface area contributed by atoms with Crippen LogP contribution in [0.15, 0.2) is 12.4 Å². The standard InChI is InChI=1S/C8H10ClN3/c9-8-5-11-7(4-12-8)6-1-2-10-3-6/h4-6,10H,1-3H2. The van der Waals surface area contributed by atoms with E-state index in [9.17, 15) is 0 Å². The molecule has 12 heavy (non-hydrogen) atoms. The Morgan fingerprint density at radius 3 is 2.92 bits per heavy atom. The lowest BCUT2D eigenvalue weighted by molar-refractivity contribution is 0.729. The van der Waals surface area contributed by atoms with Gasteiger partial charge in [0.15, 0.2) is 0 Å². The largest absolute Gasteiger partial charge is 0.316 e. The highest BCUT2D eigenvalue weighted by molar-refractivity contribution is 6.29. The summed E-state index contributed by atoms with van der Waals surface area (Å²) in [5, 5.41) is 3.75. The van der Waals surface area contributed by atoms with E-state index in [1.165, 1.54) is 0 Å². The molecule has 2 rings (SSSR count). The minimum absolute atomic E-state index is 0.463. The fourth-order valence-corrected chi connectivity index (χ4v) is 1.54. The number of aromatic nitrogens is 2. The Bertz CT molecular complexity index is 254. The first-order chi connectivity index (χ1) is 5.86. The van der Waals surface area contributed by atoms with Crippen LogP contribution in [0, 0.1) is 0 Å². The van der Waals surface area contributed by atoms with Gasteiger partial charge in [-0.2, -0.15) is 0 Å². The highest BCUT2D eigenvalue weighted by atomic mass is 35.5. The number of nitrogens with zero attached hydrogens (tertiary/aromatic N) is 2. The quantitative estimate of drug-likeness (QED) is 0.711. The molecule has 1 aromatic rings. The molecule has 1 aliphatic heterocycles. The molecule has 1 unspecified atom stereocenters. The van der Waals surface area contributed by atoms with Crippen LogP contribution in [0.1, 0.15) is 18.0 Å². The third-order valence-electron chi connectivity index (χ3n) is 2.12. The van der Waals surface area contributed by atoms with Crippen LogP contribution in [0.4, 0.5) is 0 Å². The highest BCUT2D eigenvalue weighted by Crippen LogP contribution is 2.19. The Balaban J connectivity index is 2.17. The summed E-state index contributed by atoms with van der Waals surface area (Å²) in [6, 6.07) is 0. The summed E-state index contributed by atoms with van der Waals surface area (Å²) in [7, 11) is 0. The minimum atomic E-state index is 0.463. The molecule has 1 N–H and O–H groups in total. The molecule has 0 aliphatic carbocycles. The van der Waals surface area contributed by atoms with Gasteiger partial charge >= 0.3 is 0 Å². The molecule has 0 radical (unpaired) electrons. The molecular formula is C8H10ClN3. The lowest BCUT2D eigenvalue weighted by Gasteiger charge is -2.05. The van der Waals surface area contributed by atoms with Gasteiger partial charge in [-0.25, -0.2) is 4.98 Å². The smallest absolute Gasteiger partial charge is 0.147 e. The summed E-state index contributed by atoms with van der Waals surface area (Å²) in [6.07, 6.45) is 4.52. The number of halogens is 1. The Labute approximate surface area is 76.2 Å². The van der Waals surface area contributed by atoms with Crippen molar-refractivity contribution in [2.75, 3.05) is 13.1 Å². The van der Waals surface area contributed by atoms with Crippen molar-refractivity contribution in [2.45, 2.75) is 12.3 Å². The maximum Gasteiger partial charge on any atom is 0.147 e. The van der Waals surface area contributed by atoms with Crippen molar-refractivity contribution in [3.05, 3.63) is 23.2 Å². The van der Waals surface area contributed by atoms with E-state index in [-0.39, 0.29) is 0 Å². The van der Waals surface area contributed by atoms with Crippen molar-refractivity contribution < 1.29 is 0 Å². The molecule has 0 spiro atoms. The summed E-state index contributed by atoms with van der Waals surface area (Å²) in [6.45, 7) is 2.09. The van der Waals surface area contributed by atoms with E-state index in [1.807, 2.05) is 0 Å². The second-order valence-electron chi connectivity index (χ2n) is 2.95. The van der Waals surface area contributed by atoms with Crippen molar-refractivity contribution in [1.29, 1.82) is 0 Å². The first-order valence-corrected chi connectivity index (χ1v) is 4.42. The third kappa shape index (κ3) is 1.57. The molecule has 1 atom stereocenters. The van der Waals surface area contributed by atoms with Crippen molar-refractivity contribution in [1.82, 2.24) is 15.3 Å². The Morgan fingerprint density at radius 1 is 1.42 bits per heavy atom. The van der Waals surface area contributed by atoms with Crippen molar-refractivity contribution in [2.24, 2.45) is 0 Å². The van der Waals surface area contributed by atoms with Crippen LogP contribution in [0.25, 0.3) is 0 Å². The zero-order valence-electron chi connectivity index (χ0n) is 6.63. The van der Waals surface area contributed by atoms with Gasteiger partial charge in [0.25, 0.3) is 0 Å². The first kappa shape index (κ1) is 7.95. The normalized spacial score (nSPS) is 22.9. The van der Waals surface area contributed by atoms with E-state index in [0.717, 1.165) is 25.2 Å². The highest BCUT2D eigenvalue weighted by Gasteiger charge is 2.17. The van der Waals surface area contributed by atoms with Gasteiger partial charge in [0.05, 0.1) is 18.1 Å². The van der Waals surface area contributed by atoms with Gasteiger partial charge in [0.2, 0.25) is 0 Å². The van der Waals surface area contributed by atoms with Crippen LogP contribution in [-0.4, -0.2) is 23.1 Å². The van der Waals surface area contributed by atoms with Crippen molar-refractivity contribution >= 4 is 11.6 Å². The van der Waals surface area contributed by atoms with E-state index in [2.05, 4.69) is 15.3 Å². The molecule has 1 fully saturated rings. The lowest BCUT2D eigenvalue weighted by atomic mass is 10.1. The first-order valence-electron chi connectivity index (χ1n) is 4.04. The van der Waals surface area contributed by atoms with Crippen molar-refractivity contribution in [3.63, 3.8) is 0 Å². The van der Waals surface area contributed by atoms with Crippen LogP contribution >= 0.6 is 11.6 Å². The molecule has 1 aliphatic rings. The Morgan fingerprint density at radius 2 is 2.33 bits per heavy atom. The van der Waals surface area contributed by atoms with Crippen LogP contribution in [0.2, 0.25) is 5.15 Å². The van der Waals surface area contributed by atoms with Gasteiger partial charge in [0.1, 0.15) is 5.15 Å². The molecule has 2 heterocycles. The van der Waals surface area contributed by atoms with E-state index < -0.39 is 0 Å². The van der Waals surface area contributed by atoms with Crippen LogP contribution in [-0.2, 0) is 0 Å². The molecule has 0 bridgehead atoms. The van der Waals surface area contributed by atoms with Crippen molar-refractivity contribution in [3.8, 4) is 0 Å². The lowest BCUT2D eigenvalue weighted by Crippen LogP contribution is -2.08. The van der Waals surface area contributed by atoms with E-state index in [4.69, 9.17) is 11.6 Å². The topological polar surface area (TPSA) is 37.8 Å². The number of hydrogen-bond acceptors (Lipinski definition) is 3. The van der Waals surface area contributed by atoms with Crippen LogP contribution in [0.3, 0.4) is 0 Å². The van der Waals surface area contributed by atoms with Gasteiger partial charge in [-0.15, -0.1) is 0 Å². The minimum Gasteiger partial charge on any atom is -0.316 e. The molecule has 64 valence electrons. The Kier molecular flexibility index (Phi) is 2.23. The van der Waals surface area contributed by atoms with Gasteiger partial charge in [0, 0.05) is 12.5 Å². The van der Waals surface area contributed by atoms with E-state index in [1.54, 1.807) is 12.4 Å². The summed E-state index contributed by atoms with van der Waals surface area (Å²) >= 11 is 5.63. The van der Waals surface area contributed by atoms with Gasteiger partial charge < -0.3 is 5.32 Å². The monoisotopic (exact) mass is 183 g/mol. The predicted molar refractivity (Wildman–Crippen MR) is 47.3 cm³/mol. The van der Waals surface area contributed by atoms with E-state index in [0.29, 0.717) is 11.1 Å². The molecule has 1 aromatic heterocycles. The number of nitrogens with one attached hydrogen (secondary N) is 1. The molecule has 0 saturated carbocycles. The maximum absolute atomic E-state index is 5.63. The second kappa shape index (κ2) is 3.37. The molecular weight excluding hydrogens is 174 g/mol. The SMILES string of the molecule is Clc1cnc(C2CCNC2)cn1. The maximum atomic E-state index is 5.63. The molecule has 4 heteroatoms. The second-order valence-corrected chi connectivity index (χ2v) is 3.34. The van der Waals surface area contributed by atoms with E-state index >= 15 is 0 Å². The zero-order valence-corrected chi connectivity index (χ0v) is 7.38. The van der Waals surface area contributed by atoms with Crippen LogP contribution in [0.5, 0.6) is 0 Å². The zero-order chi connectivity index (χ0) is 8.39. The molecule has 0 aromatic carbocycles. The predicted octanol–water partition coefficient (Wildman–Crippen LogP) is 1.21. The van der Waals surface area contributed by atoms with Gasteiger partial charge in [-0.3, -0.25) is 4.98 Å². The van der Waals surface area contributed by atoms with Gasteiger partial charge in [-0.1, -0.05) is 11.6 Å². The van der Waals surface area contributed by atoms with Gasteiger partial charge in [-0.05, 0) is 13.0 Å². The average Bonchev–Trinajstić information content (AvgIpc) is 2.58. The average molecular weight is 184 g/mol. The summed E-state index contributed by atoms with van der Waals surface area (Å²) in [5.74, 6) is 0.523. The summed E-state index contributed by atoms with van der Waals surface area (Å²) < 4.78 is 0. The molecule has 0 amide bonds. The fraction of sp³-hybridized carbons (Fsp3) is 0.500. The summed E-state index contributed by atoms with van der Waals surface area (Å²) in [5.41, 5.74) is 1.05. The summed E-state index contributed by atoms with van der Waals surface area (Å²) in [4.78, 5) is 8.22.